The summed E-state index contributed by atoms with van der Waals surface area (Å²) in [5.41, 5.74) is 6.75. The van der Waals surface area contributed by atoms with Crippen molar-refractivity contribution in [3.05, 3.63) is 59.2 Å². The molecule has 0 aliphatic carbocycles. The first-order chi connectivity index (χ1) is 9.83. The highest BCUT2D eigenvalue weighted by atomic mass is 32.2. The molecule has 0 fully saturated rings. The van der Waals surface area contributed by atoms with E-state index in [0.717, 1.165) is 17.7 Å². The molecule has 0 saturated carbocycles. The van der Waals surface area contributed by atoms with Crippen LogP contribution in [0.4, 0.5) is 14.5 Å². The molecule has 112 valence electrons. The van der Waals surface area contributed by atoms with Crippen molar-refractivity contribution in [2.75, 3.05) is 4.72 Å². The number of anilines is 1. The highest BCUT2D eigenvalue weighted by Crippen LogP contribution is 2.22. The monoisotopic (exact) mass is 312 g/mol. The van der Waals surface area contributed by atoms with Crippen molar-refractivity contribution in [2.24, 2.45) is 5.73 Å². The fourth-order valence-corrected chi connectivity index (χ4v) is 2.96. The van der Waals surface area contributed by atoms with E-state index in [0.29, 0.717) is 0 Å². The zero-order valence-electron chi connectivity index (χ0n) is 11.2. The number of benzene rings is 2. The van der Waals surface area contributed by atoms with Gasteiger partial charge in [-0.15, -0.1) is 0 Å². The van der Waals surface area contributed by atoms with Crippen molar-refractivity contribution < 1.29 is 17.2 Å². The van der Waals surface area contributed by atoms with Gasteiger partial charge in [0.15, 0.2) is 11.6 Å². The number of nitrogens with one attached hydrogen (secondary N) is 1. The van der Waals surface area contributed by atoms with Crippen LogP contribution in [0.3, 0.4) is 0 Å². The number of hydrogen-bond donors (Lipinski definition) is 2. The number of sulfonamides is 1. The van der Waals surface area contributed by atoms with E-state index in [1.54, 1.807) is 12.1 Å². The van der Waals surface area contributed by atoms with Crippen LogP contribution in [-0.4, -0.2) is 8.42 Å². The molecule has 0 atom stereocenters. The standard InChI is InChI=1S/C14H14F2N2O2S/c1-9-2-4-11(5-3-9)18-21(19,20)13-7-10(8-17)6-12(15)14(13)16/h2-7,18H,8,17H2,1H3. The molecular formula is C14H14F2N2O2S. The van der Waals surface area contributed by atoms with Gasteiger partial charge in [0.2, 0.25) is 0 Å². The third-order valence-electron chi connectivity index (χ3n) is 2.88. The first kappa shape index (κ1) is 15.4. The summed E-state index contributed by atoms with van der Waals surface area (Å²) < 4.78 is 53.7. The minimum atomic E-state index is -4.23. The first-order valence-corrected chi connectivity index (χ1v) is 7.59. The second-order valence-electron chi connectivity index (χ2n) is 4.57. The molecule has 2 aromatic rings. The molecule has 0 radical (unpaired) electrons. The van der Waals surface area contributed by atoms with Gasteiger partial charge in [-0.25, -0.2) is 17.2 Å². The van der Waals surface area contributed by atoms with Gasteiger partial charge in [0, 0.05) is 12.2 Å². The van der Waals surface area contributed by atoms with Crippen molar-refractivity contribution in [3.8, 4) is 0 Å². The highest BCUT2D eigenvalue weighted by molar-refractivity contribution is 7.92. The van der Waals surface area contributed by atoms with Crippen LogP contribution < -0.4 is 10.5 Å². The third-order valence-corrected chi connectivity index (χ3v) is 4.26. The second kappa shape index (κ2) is 5.79. The molecule has 0 amide bonds. The largest absolute Gasteiger partial charge is 0.326 e. The van der Waals surface area contributed by atoms with Gasteiger partial charge in [0.25, 0.3) is 10.0 Å². The summed E-state index contributed by atoms with van der Waals surface area (Å²) >= 11 is 0. The molecule has 0 aliphatic rings. The topological polar surface area (TPSA) is 72.2 Å². The van der Waals surface area contributed by atoms with E-state index in [1.807, 2.05) is 6.92 Å². The fourth-order valence-electron chi connectivity index (χ4n) is 1.76. The van der Waals surface area contributed by atoms with E-state index in [2.05, 4.69) is 4.72 Å². The normalized spacial score (nSPS) is 11.4. The Bertz CT molecular complexity index is 759. The number of rotatable bonds is 4. The van der Waals surface area contributed by atoms with Crippen molar-refractivity contribution in [1.29, 1.82) is 0 Å². The molecule has 0 bridgehead atoms. The van der Waals surface area contributed by atoms with Gasteiger partial charge < -0.3 is 5.73 Å². The van der Waals surface area contributed by atoms with Crippen LogP contribution in [0.5, 0.6) is 0 Å². The Kier molecular flexibility index (Phi) is 4.24. The summed E-state index contributed by atoms with van der Waals surface area (Å²) in [6, 6.07) is 8.37. The maximum absolute atomic E-state index is 13.7. The molecule has 0 saturated heterocycles. The molecule has 7 heteroatoms. The lowest BCUT2D eigenvalue weighted by Crippen LogP contribution is -2.16. The van der Waals surface area contributed by atoms with Crippen LogP contribution in [0.1, 0.15) is 11.1 Å². The predicted octanol–water partition coefficient (Wildman–Crippen LogP) is 2.53. The lowest BCUT2D eigenvalue weighted by molar-refractivity contribution is 0.483. The summed E-state index contributed by atoms with van der Waals surface area (Å²) in [6.07, 6.45) is 0. The average Bonchev–Trinajstić information content (AvgIpc) is 2.43. The molecule has 2 aromatic carbocycles. The van der Waals surface area contributed by atoms with Gasteiger partial charge in [-0.2, -0.15) is 0 Å². The summed E-state index contributed by atoms with van der Waals surface area (Å²) in [5.74, 6) is -2.67. The summed E-state index contributed by atoms with van der Waals surface area (Å²) in [4.78, 5) is -0.761. The molecule has 21 heavy (non-hydrogen) atoms. The quantitative estimate of drug-likeness (QED) is 0.911. The average molecular weight is 312 g/mol. The lowest BCUT2D eigenvalue weighted by atomic mass is 10.2. The molecular weight excluding hydrogens is 298 g/mol. The summed E-state index contributed by atoms with van der Waals surface area (Å²) in [6.45, 7) is 1.75. The maximum Gasteiger partial charge on any atom is 0.264 e. The van der Waals surface area contributed by atoms with Gasteiger partial charge in [-0.3, -0.25) is 4.72 Å². The molecule has 0 heterocycles. The Morgan fingerprint density at radius 1 is 1.14 bits per heavy atom. The molecule has 0 spiro atoms. The van der Waals surface area contributed by atoms with E-state index < -0.39 is 26.6 Å². The Balaban J connectivity index is 2.44. The SMILES string of the molecule is Cc1ccc(NS(=O)(=O)c2cc(CN)cc(F)c2F)cc1. The third kappa shape index (κ3) is 3.37. The first-order valence-electron chi connectivity index (χ1n) is 6.11. The minimum Gasteiger partial charge on any atom is -0.326 e. The zero-order chi connectivity index (χ0) is 15.6. The number of hydrogen-bond acceptors (Lipinski definition) is 3. The van der Waals surface area contributed by atoms with Crippen LogP contribution in [0.25, 0.3) is 0 Å². The van der Waals surface area contributed by atoms with Crippen LogP contribution >= 0.6 is 0 Å². The number of nitrogens with two attached hydrogens (primary N) is 1. The van der Waals surface area contributed by atoms with Crippen molar-refractivity contribution in [1.82, 2.24) is 0 Å². The van der Waals surface area contributed by atoms with Crippen molar-refractivity contribution in [3.63, 3.8) is 0 Å². The van der Waals surface area contributed by atoms with Gasteiger partial charge in [0.05, 0.1) is 0 Å². The highest BCUT2D eigenvalue weighted by Gasteiger charge is 2.23. The fraction of sp³-hybridized carbons (Fsp3) is 0.143. The molecule has 2 rings (SSSR count). The molecule has 3 N–H and O–H groups in total. The Morgan fingerprint density at radius 2 is 1.76 bits per heavy atom. The molecule has 0 aliphatic heterocycles. The van der Waals surface area contributed by atoms with Gasteiger partial charge in [0.1, 0.15) is 4.90 Å². The van der Waals surface area contributed by atoms with Crippen LogP contribution in [0, 0.1) is 18.6 Å². The Hall–Kier alpha value is -1.99. The van der Waals surface area contributed by atoms with Gasteiger partial charge in [-0.1, -0.05) is 17.7 Å². The minimum absolute atomic E-state index is 0.0930. The Labute approximate surface area is 121 Å². The van der Waals surface area contributed by atoms with Crippen molar-refractivity contribution in [2.45, 2.75) is 18.4 Å². The van der Waals surface area contributed by atoms with E-state index in [4.69, 9.17) is 5.73 Å². The summed E-state index contributed by atoms with van der Waals surface area (Å²) in [5, 5.41) is 0. The van der Waals surface area contributed by atoms with E-state index in [-0.39, 0.29) is 17.8 Å². The maximum atomic E-state index is 13.7. The predicted molar refractivity (Wildman–Crippen MR) is 76.2 cm³/mol. The second-order valence-corrected chi connectivity index (χ2v) is 6.22. The van der Waals surface area contributed by atoms with Crippen LogP contribution in [0.15, 0.2) is 41.3 Å². The smallest absolute Gasteiger partial charge is 0.264 e. The molecule has 0 unspecified atom stereocenters. The van der Waals surface area contributed by atoms with Crippen LogP contribution in [-0.2, 0) is 16.6 Å². The van der Waals surface area contributed by atoms with E-state index >= 15 is 0 Å². The zero-order valence-corrected chi connectivity index (χ0v) is 12.0. The van der Waals surface area contributed by atoms with E-state index in [9.17, 15) is 17.2 Å². The summed E-state index contributed by atoms with van der Waals surface area (Å²) in [7, 11) is -4.23. The van der Waals surface area contributed by atoms with Gasteiger partial charge >= 0.3 is 0 Å². The number of aryl methyl sites for hydroxylation is 1. The van der Waals surface area contributed by atoms with E-state index in [1.165, 1.54) is 12.1 Å². The van der Waals surface area contributed by atoms with Gasteiger partial charge in [-0.05, 0) is 36.8 Å². The molecule has 4 nitrogen and oxygen atoms in total. The number of halogens is 2. The van der Waals surface area contributed by atoms with Crippen molar-refractivity contribution >= 4 is 15.7 Å². The lowest BCUT2D eigenvalue weighted by Gasteiger charge is -2.11. The Morgan fingerprint density at radius 3 is 2.33 bits per heavy atom. The van der Waals surface area contributed by atoms with Crippen LogP contribution in [0.2, 0.25) is 0 Å². The molecule has 0 aromatic heterocycles.